The van der Waals surface area contributed by atoms with Crippen molar-refractivity contribution in [3.63, 3.8) is 0 Å². The molecule has 26 heavy (non-hydrogen) atoms. The summed E-state index contributed by atoms with van der Waals surface area (Å²) in [6.45, 7) is 4.05. The van der Waals surface area contributed by atoms with E-state index in [1.807, 2.05) is 6.07 Å². The zero-order valence-corrected chi connectivity index (χ0v) is 15.7. The monoisotopic (exact) mass is 358 g/mol. The first-order valence-electron chi connectivity index (χ1n) is 10.0. The summed E-state index contributed by atoms with van der Waals surface area (Å²) >= 11 is 0. The molecule has 4 heteroatoms. The number of benzene rings is 1. The topological polar surface area (TPSA) is 77.8 Å². The number of aliphatic carboxylic acids is 1. The molecule has 0 amide bonds. The van der Waals surface area contributed by atoms with E-state index >= 15 is 0 Å². The number of aromatic hydroxyl groups is 1. The maximum absolute atomic E-state index is 11.5. The molecule has 4 unspecified atom stereocenters. The molecule has 1 aromatic rings. The third-order valence-corrected chi connectivity index (χ3v) is 7.91. The lowest BCUT2D eigenvalue weighted by atomic mass is 9.52. The zero-order valence-electron chi connectivity index (χ0n) is 15.7. The van der Waals surface area contributed by atoms with E-state index in [1.54, 1.807) is 13.0 Å². The zero-order chi connectivity index (χ0) is 18.6. The van der Waals surface area contributed by atoms with Crippen LogP contribution in [0.3, 0.4) is 0 Å². The van der Waals surface area contributed by atoms with E-state index in [4.69, 9.17) is 0 Å². The van der Waals surface area contributed by atoms with Gasteiger partial charge >= 0.3 is 5.97 Å². The molecule has 0 radical (unpaired) electrons. The quantitative estimate of drug-likeness (QED) is 0.765. The summed E-state index contributed by atoms with van der Waals surface area (Å²) in [5.74, 6) is 0.828. The molecule has 3 N–H and O–H groups in total. The maximum atomic E-state index is 11.5. The average Bonchev–Trinajstić information content (AvgIpc) is 2.89. The predicted octanol–water partition coefficient (Wildman–Crippen LogP) is 3.95. The SMILES string of the molecule is CC(C[C@@H]1Cc2cc(O)ccc2C2CC[C@@]3(C)C(CC[C@@H]3O)C21)C(=O)O. The van der Waals surface area contributed by atoms with Crippen molar-refractivity contribution < 1.29 is 20.1 Å². The van der Waals surface area contributed by atoms with Gasteiger partial charge in [0, 0.05) is 0 Å². The first-order valence-corrected chi connectivity index (χ1v) is 10.0. The van der Waals surface area contributed by atoms with Gasteiger partial charge in [-0.3, -0.25) is 4.79 Å². The van der Waals surface area contributed by atoms with E-state index in [0.717, 1.165) is 32.1 Å². The van der Waals surface area contributed by atoms with Crippen LogP contribution in [-0.4, -0.2) is 27.4 Å². The van der Waals surface area contributed by atoms with Gasteiger partial charge in [0.1, 0.15) is 5.75 Å². The highest BCUT2D eigenvalue weighted by Crippen LogP contribution is 2.62. The molecule has 4 nitrogen and oxygen atoms in total. The number of aliphatic hydroxyl groups excluding tert-OH is 1. The number of rotatable bonds is 3. The summed E-state index contributed by atoms with van der Waals surface area (Å²) in [6, 6.07) is 5.74. The van der Waals surface area contributed by atoms with Crippen LogP contribution in [0.5, 0.6) is 5.75 Å². The van der Waals surface area contributed by atoms with Gasteiger partial charge in [0.05, 0.1) is 12.0 Å². The number of phenols is 1. The molecule has 0 saturated heterocycles. The second-order valence-corrected chi connectivity index (χ2v) is 9.25. The third-order valence-electron chi connectivity index (χ3n) is 7.91. The van der Waals surface area contributed by atoms with Crippen LogP contribution in [0.1, 0.15) is 63.0 Å². The molecule has 0 bridgehead atoms. The van der Waals surface area contributed by atoms with Gasteiger partial charge in [-0.15, -0.1) is 0 Å². The van der Waals surface area contributed by atoms with Crippen LogP contribution in [0.15, 0.2) is 18.2 Å². The lowest BCUT2D eigenvalue weighted by Gasteiger charge is -2.53. The number of aliphatic hydroxyl groups is 1. The van der Waals surface area contributed by atoms with Gasteiger partial charge in [0.2, 0.25) is 0 Å². The van der Waals surface area contributed by atoms with E-state index in [2.05, 4.69) is 13.0 Å². The minimum absolute atomic E-state index is 0.0275. The van der Waals surface area contributed by atoms with E-state index in [1.165, 1.54) is 11.1 Å². The first kappa shape index (κ1) is 17.8. The van der Waals surface area contributed by atoms with Crippen LogP contribution in [0.4, 0.5) is 0 Å². The lowest BCUT2D eigenvalue weighted by Crippen LogP contribution is -2.47. The Kier molecular flexibility index (Phi) is 4.30. The largest absolute Gasteiger partial charge is 0.508 e. The van der Waals surface area contributed by atoms with Crippen molar-refractivity contribution in [1.82, 2.24) is 0 Å². The summed E-state index contributed by atoms with van der Waals surface area (Å²) in [6.07, 6.45) is 5.27. The number of carbonyl (C=O) groups is 1. The predicted molar refractivity (Wildman–Crippen MR) is 99.0 cm³/mol. The fourth-order valence-electron chi connectivity index (χ4n) is 6.53. The number of carboxylic acid groups (broad SMARTS) is 1. The molecule has 0 heterocycles. The van der Waals surface area contributed by atoms with Gasteiger partial charge in [-0.25, -0.2) is 0 Å². The summed E-state index contributed by atoms with van der Waals surface area (Å²) < 4.78 is 0. The third kappa shape index (κ3) is 2.65. The standard InChI is InChI=1S/C22H30O4/c1-12(21(25)26)9-14-10-13-11-15(23)3-4-16(13)17-7-8-22(2)18(20(14)17)5-6-19(22)24/h3-4,11-12,14,17-20,23-24H,5-10H2,1-2H3,(H,25,26)/t12?,14-,17?,18?,19+,20?,22+/m1/s1. The Morgan fingerprint density at radius 3 is 2.81 bits per heavy atom. The Bertz CT molecular complexity index is 714. The van der Waals surface area contributed by atoms with Crippen LogP contribution in [-0.2, 0) is 11.2 Å². The number of hydrogen-bond acceptors (Lipinski definition) is 3. The molecular weight excluding hydrogens is 328 g/mol. The van der Waals surface area contributed by atoms with Crippen molar-refractivity contribution in [3.8, 4) is 5.75 Å². The highest BCUT2D eigenvalue weighted by atomic mass is 16.4. The highest BCUT2D eigenvalue weighted by molar-refractivity contribution is 5.69. The van der Waals surface area contributed by atoms with E-state index < -0.39 is 5.97 Å². The summed E-state index contributed by atoms with van der Waals surface area (Å²) in [5, 5.41) is 30.0. The molecule has 0 spiro atoms. The lowest BCUT2D eigenvalue weighted by molar-refractivity contribution is -0.142. The Morgan fingerprint density at radius 2 is 2.08 bits per heavy atom. The number of hydrogen-bond donors (Lipinski definition) is 3. The molecule has 3 aliphatic rings. The Labute approximate surface area is 155 Å². The summed E-state index contributed by atoms with van der Waals surface area (Å²) in [4.78, 5) is 11.5. The minimum atomic E-state index is -0.728. The van der Waals surface area contributed by atoms with Crippen LogP contribution in [0, 0.1) is 29.1 Å². The van der Waals surface area contributed by atoms with Crippen molar-refractivity contribution in [1.29, 1.82) is 0 Å². The molecule has 2 saturated carbocycles. The normalized spacial score (nSPS) is 39.6. The molecule has 0 aliphatic heterocycles. The first-order chi connectivity index (χ1) is 12.3. The van der Waals surface area contributed by atoms with Crippen LogP contribution >= 0.6 is 0 Å². The van der Waals surface area contributed by atoms with Crippen LogP contribution < -0.4 is 0 Å². The smallest absolute Gasteiger partial charge is 0.306 e. The fraction of sp³-hybridized carbons (Fsp3) is 0.682. The molecule has 1 aromatic carbocycles. The average molecular weight is 358 g/mol. The van der Waals surface area contributed by atoms with Crippen molar-refractivity contribution in [2.24, 2.45) is 29.1 Å². The van der Waals surface area contributed by atoms with Gasteiger partial charge < -0.3 is 15.3 Å². The maximum Gasteiger partial charge on any atom is 0.306 e. The van der Waals surface area contributed by atoms with Crippen LogP contribution in [0.25, 0.3) is 0 Å². The van der Waals surface area contributed by atoms with Crippen molar-refractivity contribution in [2.75, 3.05) is 0 Å². The number of carboxylic acids is 1. The Hall–Kier alpha value is -1.55. The second kappa shape index (κ2) is 6.26. The molecule has 3 aliphatic carbocycles. The molecule has 4 rings (SSSR count). The molecule has 142 valence electrons. The van der Waals surface area contributed by atoms with Crippen LogP contribution in [0.2, 0.25) is 0 Å². The molecular formula is C22H30O4. The molecule has 0 aromatic heterocycles. The summed E-state index contributed by atoms with van der Waals surface area (Å²) in [7, 11) is 0. The summed E-state index contributed by atoms with van der Waals surface area (Å²) in [5.41, 5.74) is 2.51. The fourth-order valence-corrected chi connectivity index (χ4v) is 6.53. The van der Waals surface area contributed by atoms with E-state index in [0.29, 0.717) is 35.8 Å². The molecule has 2 fully saturated rings. The van der Waals surface area contributed by atoms with Crippen molar-refractivity contribution in [2.45, 2.75) is 64.4 Å². The van der Waals surface area contributed by atoms with Gasteiger partial charge in [-0.2, -0.15) is 0 Å². The van der Waals surface area contributed by atoms with Crippen molar-refractivity contribution >= 4 is 5.97 Å². The second-order valence-electron chi connectivity index (χ2n) is 9.25. The Morgan fingerprint density at radius 1 is 1.31 bits per heavy atom. The van der Waals surface area contributed by atoms with Gasteiger partial charge in [-0.1, -0.05) is 19.9 Å². The van der Waals surface area contributed by atoms with Gasteiger partial charge in [0.15, 0.2) is 0 Å². The van der Waals surface area contributed by atoms with Gasteiger partial charge in [0.25, 0.3) is 0 Å². The highest BCUT2D eigenvalue weighted by Gasteiger charge is 2.56. The van der Waals surface area contributed by atoms with Gasteiger partial charge in [-0.05, 0) is 90.9 Å². The number of fused-ring (bicyclic) bond motifs is 5. The van der Waals surface area contributed by atoms with E-state index in [9.17, 15) is 20.1 Å². The van der Waals surface area contributed by atoms with E-state index in [-0.39, 0.29) is 17.4 Å². The number of phenolic OH excluding ortho intramolecular Hbond substituents is 1. The molecule has 7 atom stereocenters. The van der Waals surface area contributed by atoms with Crippen molar-refractivity contribution in [3.05, 3.63) is 29.3 Å². The Balaban J connectivity index is 1.74. The minimum Gasteiger partial charge on any atom is -0.508 e.